The summed E-state index contributed by atoms with van der Waals surface area (Å²) in [5.74, 6) is 0.634. The van der Waals surface area contributed by atoms with Crippen LogP contribution in [0, 0.1) is 6.92 Å². The topological polar surface area (TPSA) is 26.0 Å². The van der Waals surface area contributed by atoms with Gasteiger partial charge in [0.05, 0.1) is 5.69 Å². The number of aromatic nitrogens is 1. The van der Waals surface area contributed by atoms with Gasteiger partial charge in [-0.1, -0.05) is 59.2 Å². The molecule has 1 heterocycles. The van der Waals surface area contributed by atoms with Crippen LogP contribution >= 0.6 is 23.4 Å². The van der Waals surface area contributed by atoms with Gasteiger partial charge in [-0.3, -0.25) is 0 Å². The average molecular weight is 330 g/mol. The van der Waals surface area contributed by atoms with Crippen molar-refractivity contribution < 1.29 is 4.52 Å². The van der Waals surface area contributed by atoms with Crippen LogP contribution in [-0.2, 0) is 4.87 Å². The molecular formula is C18H16ClNOS. The van der Waals surface area contributed by atoms with E-state index in [-0.39, 0.29) is 0 Å². The van der Waals surface area contributed by atoms with Crippen LogP contribution in [-0.4, -0.2) is 11.4 Å². The normalized spacial score (nSPS) is 13.8. The molecule has 2 aromatic carbocycles. The Kier molecular flexibility index (Phi) is 4.27. The van der Waals surface area contributed by atoms with Crippen LogP contribution < -0.4 is 0 Å². The first kappa shape index (κ1) is 15.2. The van der Waals surface area contributed by atoms with Crippen molar-refractivity contribution in [1.29, 1.82) is 0 Å². The standard InChI is InChI=1S/C18H16ClNOS/c1-13-12-17(21-20-13)18(19,14-6-4-3-5-7-14)15-8-10-16(22-2)11-9-15/h3-12H,1-2H3. The highest BCUT2D eigenvalue weighted by atomic mass is 35.5. The predicted octanol–water partition coefficient (Wildman–Crippen LogP) is 5.24. The number of benzene rings is 2. The molecule has 4 heteroatoms. The van der Waals surface area contributed by atoms with Crippen LogP contribution in [0.25, 0.3) is 0 Å². The van der Waals surface area contributed by atoms with Crippen LogP contribution in [0.2, 0.25) is 0 Å². The van der Waals surface area contributed by atoms with E-state index in [4.69, 9.17) is 16.1 Å². The minimum Gasteiger partial charge on any atom is -0.358 e. The van der Waals surface area contributed by atoms with Gasteiger partial charge in [0, 0.05) is 11.0 Å². The minimum atomic E-state index is -0.876. The highest BCUT2D eigenvalue weighted by molar-refractivity contribution is 7.98. The Morgan fingerprint density at radius 3 is 2.18 bits per heavy atom. The molecule has 1 atom stereocenters. The molecule has 0 bridgehead atoms. The van der Waals surface area contributed by atoms with Gasteiger partial charge in [-0.05, 0) is 36.4 Å². The maximum absolute atomic E-state index is 7.08. The Morgan fingerprint density at radius 1 is 1.00 bits per heavy atom. The number of rotatable bonds is 4. The van der Waals surface area contributed by atoms with Crippen LogP contribution in [0.5, 0.6) is 0 Å². The van der Waals surface area contributed by atoms with Crippen molar-refractivity contribution in [3.8, 4) is 0 Å². The van der Waals surface area contributed by atoms with Gasteiger partial charge in [-0.15, -0.1) is 11.8 Å². The second-order valence-electron chi connectivity index (χ2n) is 5.09. The fraction of sp³-hybridized carbons (Fsp3) is 0.167. The molecule has 1 unspecified atom stereocenters. The lowest BCUT2D eigenvalue weighted by molar-refractivity contribution is 0.367. The van der Waals surface area contributed by atoms with Gasteiger partial charge in [0.2, 0.25) is 0 Å². The van der Waals surface area contributed by atoms with Crippen molar-refractivity contribution >= 4 is 23.4 Å². The lowest BCUT2D eigenvalue weighted by atomic mass is 9.88. The van der Waals surface area contributed by atoms with Crippen molar-refractivity contribution in [2.75, 3.05) is 6.26 Å². The molecule has 112 valence electrons. The summed E-state index contributed by atoms with van der Waals surface area (Å²) in [6, 6.07) is 20.1. The number of hydrogen-bond acceptors (Lipinski definition) is 3. The van der Waals surface area contributed by atoms with Gasteiger partial charge in [-0.25, -0.2) is 0 Å². The van der Waals surface area contributed by atoms with Crippen molar-refractivity contribution in [3.63, 3.8) is 0 Å². The first-order valence-corrected chi connectivity index (χ1v) is 8.57. The third-order valence-corrected chi connectivity index (χ3v) is 4.99. The quantitative estimate of drug-likeness (QED) is 0.484. The van der Waals surface area contributed by atoms with Gasteiger partial charge in [0.15, 0.2) is 10.6 Å². The van der Waals surface area contributed by atoms with Crippen LogP contribution in [0.1, 0.15) is 22.6 Å². The zero-order valence-electron chi connectivity index (χ0n) is 12.4. The SMILES string of the molecule is CSc1ccc(C(Cl)(c2ccccc2)c2cc(C)no2)cc1. The van der Waals surface area contributed by atoms with E-state index in [1.165, 1.54) is 4.90 Å². The van der Waals surface area contributed by atoms with E-state index in [9.17, 15) is 0 Å². The molecule has 0 N–H and O–H groups in total. The van der Waals surface area contributed by atoms with Crippen molar-refractivity contribution in [2.45, 2.75) is 16.7 Å². The van der Waals surface area contributed by atoms with Crippen LogP contribution in [0.3, 0.4) is 0 Å². The summed E-state index contributed by atoms with van der Waals surface area (Å²) in [4.78, 5) is 0.323. The summed E-state index contributed by atoms with van der Waals surface area (Å²) in [5.41, 5.74) is 2.75. The molecule has 22 heavy (non-hydrogen) atoms. The zero-order chi connectivity index (χ0) is 15.6. The van der Waals surface area contributed by atoms with Gasteiger partial charge in [0.1, 0.15) is 0 Å². The molecule has 3 rings (SSSR count). The fourth-order valence-electron chi connectivity index (χ4n) is 2.47. The van der Waals surface area contributed by atoms with Gasteiger partial charge in [0.25, 0.3) is 0 Å². The maximum Gasteiger partial charge on any atom is 0.166 e. The van der Waals surface area contributed by atoms with E-state index in [0.29, 0.717) is 5.76 Å². The largest absolute Gasteiger partial charge is 0.358 e. The molecule has 1 aromatic heterocycles. The summed E-state index contributed by atoms with van der Waals surface area (Å²) in [6.45, 7) is 1.89. The van der Waals surface area contributed by atoms with Gasteiger partial charge in [-0.2, -0.15) is 0 Å². The molecular weight excluding hydrogens is 314 g/mol. The Hall–Kier alpha value is -1.71. The average Bonchev–Trinajstić information content (AvgIpc) is 3.02. The van der Waals surface area contributed by atoms with E-state index in [0.717, 1.165) is 16.8 Å². The Bertz CT molecular complexity index is 754. The Balaban J connectivity index is 2.18. The van der Waals surface area contributed by atoms with E-state index in [1.54, 1.807) is 11.8 Å². The van der Waals surface area contributed by atoms with Crippen molar-refractivity contribution in [2.24, 2.45) is 0 Å². The number of alkyl halides is 1. The molecule has 0 radical (unpaired) electrons. The predicted molar refractivity (Wildman–Crippen MR) is 91.6 cm³/mol. The number of thioether (sulfide) groups is 1. The molecule has 0 saturated heterocycles. The molecule has 3 aromatic rings. The smallest absolute Gasteiger partial charge is 0.166 e. The first-order valence-electron chi connectivity index (χ1n) is 6.97. The second kappa shape index (κ2) is 6.19. The number of hydrogen-bond donors (Lipinski definition) is 0. The van der Waals surface area contributed by atoms with Gasteiger partial charge < -0.3 is 4.52 Å². The van der Waals surface area contributed by atoms with Crippen molar-refractivity contribution in [1.82, 2.24) is 5.16 Å². The fourth-order valence-corrected chi connectivity index (χ4v) is 3.21. The number of aryl methyl sites for hydroxylation is 1. The third-order valence-electron chi connectivity index (χ3n) is 3.63. The summed E-state index contributed by atoms with van der Waals surface area (Å²) in [7, 11) is 0. The van der Waals surface area contributed by atoms with E-state index >= 15 is 0 Å². The summed E-state index contributed by atoms with van der Waals surface area (Å²) >= 11 is 8.79. The maximum atomic E-state index is 7.08. The Labute approximate surface area is 139 Å². The second-order valence-corrected chi connectivity index (χ2v) is 6.53. The monoisotopic (exact) mass is 329 g/mol. The Morgan fingerprint density at radius 2 is 1.64 bits per heavy atom. The zero-order valence-corrected chi connectivity index (χ0v) is 14.0. The highest BCUT2D eigenvalue weighted by Gasteiger charge is 2.38. The van der Waals surface area contributed by atoms with E-state index in [1.807, 2.05) is 55.5 Å². The number of halogens is 1. The molecule has 0 aliphatic heterocycles. The lowest BCUT2D eigenvalue weighted by Gasteiger charge is -2.25. The molecule has 0 aliphatic rings. The van der Waals surface area contributed by atoms with Gasteiger partial charge >= 0.3 is 0 Å². The lowest BCUT2D eigenvalue weighted by Crippen LogP contribution is -2.21. The van der Waals surface area contributed by atoms with Crippen molar-refractivity contribution in [3.05, 3.63) is 83.2 Å². The summed E-state index contributed by atoms with van der Waals surface area (Å²) in [6.07, 6.45) is 2.06. The molecule has 0 fully saturated rings. The molecule has 0 saturated carbocycles. The third kappa shape index (κ3) is 2.67. The van der Waals surface area contributed by atoms with E-state index in [2.05, 4.69) is 23.5 Å². The molecule has 0 amide bonds. The summed E-state index contributed by atoms with van der Waals surface area (Å²) < 4.78 is 5.51. The molecule has 0 aliphatic carbocycles. The highest BCUT2D eigenvalue weighted by Crippen LogP contribution is 2.43. The van der Waals surface area contributed by atoms with Crippen LogP contribution in [0.15, 0.2) is 70.1 Å². The summed E-state index contributed by atoms with van der Waals surface area (Å²) in [5, 5.41) is 4.00. The first-order chi connectivity index (χ1) is 10.6. The number of nitrogens with zero attached hydrogens (tertiary/aromatic N) is 1. The minimum absolute atomic E-state index is 0.634. The molecule has 0 spiro atoms. The van der Waals surface area contributed by atoms with E-state index < -0.39 is 4.87 Å². The molecule has 2 nitrogen and oxygen atoms in total. The van der Waals surface area contributed by atoms with Crippen LogP contribution in [0.4, 0.5) is 0 Å².